The summed E-state index contributed by atoms with van der Waals surface area (Å²) in [5.74, 6) is -1.18. The number of nitrogens with zero attached hydrogens (tertiary/aromatic N) is 1. The zero-order chi connectivity index (χ0) is 26.8. The Morgan fingerprint density at radius 1 is 1.22 bits per heavy atom. The second kappa shape index (κ2) is 11.0. The van der Waals surface area contributed by atoms with Crippen LogP contribution in [0.25, 0.3) is 0 Å². The molecule has 4 atom stereocenters. The average molecular weight is 518 g/mol. The molecule has 3 N–H and O–H groups in total. The summed E-state index contributed by atoms with van der Waals surface area (Å²) in [6.45, 7) is 9.10. The molecule has 202 valence electrons. The summed E-state index contributed by atoms with van der Waals surface area (Å²) in [5, 5.41) is 17.2. The zero-order valence-electron chi connectivity index (χ0n) is 21.9. The molecule has 0 saturated carbocycles. The van der Waals surface area contributed by atoms with Crippen molar-refractivity contribution in [1.29, 1.82) is 0 Å². The average Bonchev–Trinajstić information content (AvgIpc) is 3.22. The summed E-state index contributed by atoms with van der Waals surface area (Å²) in [6, 6.07) is 4.43. The number of carbonyl (C=O) groups is 1. The first-order chi connectivity index (χ1) is 17.4. The second-order valence-corrected chi connectivity index (χ2v) is 11.6. The molecule has 2 aliphatic rings. The van der Waals surface area contributed by atoms with Crippen molar-refractivity contribution in [2.45, 2.75) is 77.2 Å². The molecule has 1 spiro atoms. The number of pyridine rings is 1. The molecule has 37 heavy (non-hydrogen) atoms. The highest BCUT2D eigenvalue weighted by atomic mass is 19.1. The summed E-state index contributed by atoms with van der Waals surface area (Å²) >= 11 is 0. The van der Waals surface area contributed by atoms with Crippen molar-refractivity contribution in [3.8, 4) is 5.88 Å². The Kier molecular flexibility index (Phi) is 8.16. The number of rotatable bonds is 8. The number of halogens is 2. The lowest BCUT2D eigenvalue weighted by Crippen LogP contribution is -2.50. The van der Waals surface area contributed by atoms with Gasteiger partial charge in [-0.25, -0.2) is 13.8 Å². The van der Waals surface area contributed by atoms with Gasteiger partial charge in [-0.3, -0.25) is 4.79 Å². The number of aromatic nitrogens is 1. The predicted octanol–water partition coefficient (Wildman–Crippen LogP) is 3.63. The Labute approximate surface area is 217 Å². The summed E-state index contributed by atoms with van der Waals surface area (Å²) < 4.78 is 39.4. The fourth-order valence-electron chi connectivity index (χ4n) is 5.23. The first kappa shape index (κ1) is 27.4. The van der Waals surface area contributed by atoms with Crippen molar-refractivity contribution < 1.29 is 28.2 Å². The molecule has 2 aliphatic heterocycles. The van der Waals surface area contributed by atoms with E-state index in [1.54, 1.807) is 0 Å². The molecule has 0 unspecified atom stereocenters. The van der Waals surface area contributed by atoms with Gasteiger partial charge in [0.25, 0.3) is 0 Å². The Hall–Kier alpha value is -2.62. The zero-order valence-corrected chi connectivity index (χ0v) is 21.9. The van der Waals surface area contributed by atoms with Gasteiger partial charge in [-0.15, -0.1) is 0 Å². The number of amides is 1. The van der Waals surface area contributed by atoms with Crippen molar-refractivity contribution in [2.75, 3.05) is 19.8 Å². The van der Waals surface area contributed by atoms with Gasteiger partial charge >= 0.3 is 0 Å². The van der Waals surface area contributed by atoms with Crippen LogP contribution in [0.5, 0.6) is 5.88 Å². The van der Waals surface area contributed by atoms with E-state index in [2.05, 4.69) is 42.5 Å². The van der Waals surface area contributed by atoms with Gasteiger partial charge in [-0.2, -0.15) is 0 Å². The number of fused-ring (bicyclic) bond motifs is 1. The van der Waals surface area contributed by atoms with E-state index in [4.69, 9.17) is 9.47 Å². The van der Waals surface area contributed by atoms with Gasteiger partial charge in [0.05, 0.1) is 25.4 Å². The molecule has 0 aliphatic carbocycles. The fourth-order valence-corrected chi connectivity index (χ4v) is 5.23. The topological polar surface area (TPSA) is 92.7 Å². The van der Waals surface area contributed by atoms with Crippen LogP contribution in [0.4, 0.5) is 8.78 Å². The van der Waals surface area contributed by atoms with E-state index in [1.165, 1.54) is 19.1 Å². The van der Waals surface area contributed by atoms with Crippen LogP contribution in [0.15, 0.2) is 30.5 Å². The van der Waals surface area contributed by atoms with Gasteiger partial charge in [0.1, 0.15) is 17.2 Å². The van der Waals surface area contributed by atoms with E-state index in [0.29, 0.717) is 31.1 Å². The van der Waals surface area contributed by atoms with Crippen LogP contribution in [0.2, 0.25) is 0 Å². The van der Waals surface area contributed by atoms with E-state index < -0.39 is 29.4 Å². The first-order valence-corrected chi connectivity index (χ1v) is 12.8. The number of nitrogens with one attached hydrogen (secondary N) is 2. The van der Waals surface area contributed by atoms with Crippen LogP contribution >= 0.6 is 0 Å². The fraction of sp³-hybridized carbons (Fsp3) is 0.571. The van der Waals surface area contributed by atoms with Crippen LogP contribution in [-0.4, -0.2) is 53.5 Å². The number of hydrogen-bond donors (Lipinski definition) is 3. The molecule has 1 amide bonds. The normalized spacial score (nSPS) is 22.8. The molecule has 9 heteroatoms. The van der Waals surface area contributed by atoms with Crippen molar-refractivity contribution in [1.82, 2.24) is 15.6 Å². The summed E-state index contributed by atoms with van der Waals surface area (Å²) in [7, 11) is 0. The van der Waals surface area contributed by atoms with Gasteiger partial charge in [0, 0.05) is 50.2 Å². The number of ether oxygens (including phenoxy) is 2. The molecule has 0 bridgehead atoms. The highest BCUT2D eigenvalue weighted by molar-refractivity contribution is 5.73. The maximum absolute atomic E-state index is 13.7. The molecule has 2 aromatic rings. The molecule has 1 fully saturated rings. The number of hydrogen-bond acceptors (Lipinski definition) is 6. The molecule has 1 aromatic carbocycles. The van der Waals surface area contributed by atoms with Crippen molar-refractivity contribution in [2.24, 2.45) is 5.41 Å². The van der Waals surface area contributed by atoms with Gasteiger partial charge in [0.15, 0.2) is 0 Å². The molecular weight excluding hydrogens is 480 g/mol. The predicted molar refractivity (Wildman–Crippen MR) is 135 cm³/mol. The summed E-state index contributed by atoms with van der Waals surface area (Å²) in [5.41, 5.74) is 1.99. The number of carbonyl (C=O) groups excluding carboxylic acids is 1. The third-order valence-corrected chi connectivity index (χ3v) is 6.81. The van der Waals surface area contributed by atoms with E-state index in [9.17, 15) is 18.7 Å². The van der Waals surface area contributed by atoms with E-state index >= 15 is 0 Å². The van der Waals surface area contributed by atoms with E-state index in [0.717, 1.165) is 30.0 Å². The first-order valence-electron chi connectivity index (χ1n) is 12.8. The lowest BCUT2D eigenvalue weighted by molar-refractivity contribution is -0.120. The summed E-state index contributed by atoms with van der Waals surface area (Å²) in [4.78, 5) is 16.5. The summed E-state index contributed by atoms with van der Waals surface area (Å²) in [6.07, 6.45) is 3.17. The molecule has 0 radical (unpaired) electrons. The minimum Gasteiger partial charge on any atom is -0.468 e. The van der Waals surface area contributed by atoms with Crippen molar-refractivity contribution >= 4 is 5.91 Å². The van der Waals surface area contributed by atoms with Crippen LogP contribution in [0.3, 0.4) is 0 Å². The monoisotopic (exact) mass is 517 g/mol. The van der Waals surface area contributed by atoms with Crippen LogP contribution in [0, 0.1) is 17.0 Å². The van der Waals surface area contributed by atoms with Crippen molar-refractivity contribution in [3.63, 3.8) is 0 Å². The molecule has 3 heterocycles. The third-order valence-electron chi connectivity index (χ3n) is 6.81. The number of aliphatic hydroxyl groups is 1. The number of aliphatic hydroxyl groups excluding tert-OH is 1. The quantitative estimate of drug-likeness (QED) is 0.495. The molecule has 1 aromatic heterocycles. The second-order valence-electron chi connectivity index (χ2n) is 11.6. The Balaban J connectivity index is 1.53. The van der Waals surface area contributed by atoms with Crippen LogP contribution in [-0.2, 0) is 22.4 Å². The lowest BCUT2D eigenvalue weighted by atomic mass is 9.85. The van der Waals surface area contributed by atoms with E-state index in [-0.39, 0.29) is 30.3 Å². The molecule has 1 saturated heterocycles. The standard InChI is InChI=1S/C28H37F2N3O4/c1-17(34)33-23(10-18-7-20(29)11-21(30)8-18)25(35)15-31-24-13-28(5-6-36-16-28)37-26-22(24)9-19(14-32-26)12-27(2,3)4/h7-9,11,14,23-25,31,35H,5-6,10,12-13,15-16H2,1-4H3,(H,33,34)/t23-,24-,25+,28+/m0/s1. The van der Waals surface area contributed by atoms with Crippen molar-refractivity contribution in [3.05, 3.63) is 58.8 Å². The minimum atomic E-state index is -1.01. The SMILES string of the molecule is CC(=O)N[C@@H](Cc1cc(F)cc(F)c1)[C@H](O)CN[C@H]1C[C@@]2(CCOC2)Oc2ncc(CC(C)(C)C)cc21. The van der Waals surface area contributed by atoms with Gasteiger partial charge in [-0.1, -0.05) is 20.8 Å². The Bertz CT molecular complexity index is 1090. The molecule has 7 nitrogen and oxygen atoms in total. The maximum atomic E-state index is 13.7. The maximum Gasteiger partial charge on any atom is 0.218 e. The molecule has 4 rings (SSSR count). The van der Waals surface area contributed by atoms with E-state index in [1.807, 2.05) is 6.20 Å². The smallest absolute Gasteiger partial charge is 0.218 e. The Morgan fingerprint density at radius 3 is 2.57 bits per heavy atom. The largest absolute Gasteiger partial charge is 0.468 e. The minimum absolute atomic E-state index is 0.0799. The highest BCUT2D eigenvalue weighted by Gasteiger charge is 2.45. The highest BCUT2D eigenvalue weighted by Crippen LogP contribution is 2.42. The van der Waals surface area contributed by atoms with Gasteiger partial charge < -0.3 is 25.2 Å². The van der Waals surface area contributed by atoms with Crippen LogP contribution in [0.1, 0.15) is 63.3 Å². The Morgan fingerprint density at radius 2 is 1.95 bits per heavy atom. The molecular formula is C28H37F2N3O4. The van der Waals surface area contributed by atoms with Crippen LogP contribution < -0.4 is 15.4 Å². The van der Waals surface area contributed by atoms with Gasteiger partial charge in [0.2, 0.25) is 11.8 Å². The number of benzene rings is 1. The van der Waals surface area contributed by atoms with Gasteiger partial charge in [-0.05, 0) is 47.6 Å². The lowest BCUT2D eigenvalue weighted by Gasteiger charge is -2.39. The third kappa shape index (κ3) is 7.24.